The molecule has 0 bridgehead atoms. The molecule has 1 N–H and O–H groups in total. The third kappa shape index (κ3) is 3.29. The number of nitro groups is 1. The number of hydrogen-bond donors (Lipinski definition) is 1. The highest BCUT2D eigenvalue weighted by Crippen LogP contribution is 2.31. The lowest BCUT2D eigenvalue weighted by Crippen LogP contribution is -2.28. The molecule has 2 aromatic heterocycles. The largest absolute Gasteiger partial charge is 0.378 e. The predicted octanol–water partition coefficient (Wildman–Crippen LogP) is 2.03. The van der Waals surface area contributed by atoms with Crippen LogP contribution in [0.15, 0.2) is 47.6 Å². The lowest BCUT2D eigenvalue weighted by atomic mass is 10.2. The standard InChI is InChI=1S/C17H18N6O4S/c24-23(25)13-3-4-15(16(11-13)28(26,27)21-9-1-2-10-21)19-12-14-5-7-18-17-6-8-20-22(14)17/h3-8,11,19H,1-2,9-10,12H2. The number of rotatable bonds is 6. The van der Waals surface area contributed by atoms with Crippen LogP contribution in [-0.2, 0) is 16.6 Å². The normalized spacial score (nSPS) is 15.1. The summed E-state index contributed by atoms with van der Waals surface area (Å²) in [6, 6.07) is 7.38. The van der Waals surface area contributed by atoms with Gasteiger partial charge in [-0.25, -0.2) is 17.9 Å². The van der Waals surface area contributed by atoms with E-state index in [0.29, 0.717) is 24.4 Å². The van der Waals surface area contributed by atoms with Crippen LogP contribution in [0.25, 0.3) is 5.65 Å². The number of nitrogens with zero attached hydrogens (tertiary/aromatic N) is 5. The minimum Gasteiger partial charge on any atom is -0.378 e. The molecule has 11 heteroatoms. The fourth-order valence-electron chi connectivity index (χ4n) is 3.26. The van der Waals surface area contributed by atoms with Crippen molar-refractivity contribution in [1.82, 2.24) is 18.9 Å². The van der Waals surface area contributed by atoms with E-state index in [9.17, 15) is 18.5 Å². The molecule has 0 saturated carbocycles. The molecule has 1 saturated heterocycles. The second kappa shape index (κ2) is 7.17. The van der Waals surface area contributed by atoms with Crippen LogP contribution in [0.1, 0.15) is 18.5 Å². The molecule has 1 aliphatic heterocycles. The molecule has 0 aliphatic carbocycles. The van der Waals surface area contributed by atoms with Gasteiger partial charge in [0.2, 0.25) is 10.0 Å². The van der Waals surface area contributed by atoms with Crippen molar-refractivity contribution < 1.29 is 13.3 Å². The molecule has 3 heterocycles. The Labute approximate surface area is 161 Å². The molecule has 0 unspecified atom stereocenters. The zero-order chi connectivity index (χ0) is 19.7. The lowest BCUT2D eigenvalue weighted by Gasteiger charge is -2.19. The van der Waals surface area contributed by atoms with E-state index >= 15 is 0 Å². The number of anilines is 1. The number of sulfonamides is 1. The van der Waals surface area contributed by atoms with Crippen molar-refractivity contribution in [3.05, 3.63) is 58.5 Å². The van der Waals surface area contributed by atoms with E-state index in [1.807, 2.05) is 0 Å². The van der Waals surface area contributed by atoms with Crippen LogP contribution < -0.4 is 5.32 Å². The number of fused-ring (bicyclic) bond motifs is 1. The van der Waals surface area contributed by atoms with Gasteiger partial charge in [-0.3, -0.25) is 10.1 Å². The van der Waals surface area contributed by atoms with Gasteiger partial charge in [0.25, 0.3) is 5.69 Å². The maximum atomic E-state index is 13.0. The van der Waals surface area contributed by atoms with E-state index in [1.165, 1.54) is 16.4 Å². The molecule has 0 radical (unpaired) electrons. The Balaban J connectivity index is 1.70. The third-order valence-electron chi connectivity index (χ3n) is 4.69. The van der Waals surface area contributed by atoms with Gasteiger partial charge in [-0.1, -0.05) is 0 Å². The SMILES string of the molecule is O=[N+]([O-])c1ccc(NCc2ccnc3ccnn23)c(S(=O)(=O)N2CCCC2)c1. The lowest BCUT2D eigenvalue weighted by molar-refractivity contribution is -0.385. The minimum atomic E-state index is -3.83. The first-order chi connectivity index (χ1) is 13.5. The highest BCUT2D eigenvalue weighted by atomic mass is 32.2. The molecule has 0 amide bonds. The molecule has 10 nitrogen and oxygen atoms in total. The summed E-state index contributed by atoms with van der Waals surface area (Å²) in [6.45, 7) is 1.12. The van der Waals surface area contributed by atoms with Crippen LogP contribution >= 0.6 is 0 Å². The van der Waals surface area contributed by atoms with Crippen molar-refractivity contribution in [3.8, 4) is 0 Å². The second-order valence-corrected chi connectivity index (χ2v) is 8.35. The monoisotopic (exact) mass is 402 g/mol. The summed E-state index contributed by atoms with van der Waals surface area (Å²) in [4.78, 5) is 14.7. The zero-order valence-electron chi connectivity index (χ0n) is 14.9. The van der Waals surface area contributed by atoms with Crippen molar-refractivity contribution >= 4 is 27.0 Å². The zero-order valence-corrected chi connectivity index (χ0v) is 15.7. The Bertz CT molecular complexity index is 1140. The van der Waals surface area contributed by atoms with Gasteiger partial charge in [0.15, 0.2) is 5.65 Å². The Morgan fingerprint density at radius 3 is 2.68 bits per heavy atom. The molecule has 1 aromatic carbocycles. The van der Waals surface area contributed by atoms with Crippen LogP contribution in [-0.4, -0.2) is 45.3 Å². The Morgan fingerprint density at radius 1 is 1.14 bits per heavy atom. The van der Waals surface area contributed by atoms with Gasteiger partial charge in [0, 0.05) is 37.5 Å². The third-order valence-corrected chi connectivity index (χ3v) is 6.63. The Kier molecular flexibility index (Phi) is 4.69. The molecule has 4 rings (SSSR count). The highest BCUT2D eigenvalue weighted by molar-refractivity contribution is 7.89. The van der Waals surface area contributed by atoms with Crippen molar-refractivity contribution in [3.63, 3.8) is 0 Å². The summed E-state index contributed by atoms with van der Waals surface area (Å²) >= 11 is 0. The van der Waals surface area contributed by atoms with E-state index in [1.54, 1.807) is 29.0 Å². The maximum Gasteiger partial charge on any atom is 0.270 e. The fourth-order valence-corrected chi connectivity index (χ4v) is 4.96. The van der Waals surface area contributed by atoms with Gasteiger partial charge in [-0.05, 0) is 25.0 Å². The van der Waals surface area contributed by atoms with Crippen LogP contribution in [0.2, 0.25) is 0 Å². The predicted molar refractivity (Wildman–Crippen MR) is 101 cm³/mol. The van der Waals surface area contributed by atoms with Gasteiger partial charge in [0.05, 0.1) is 29.0 Å². The maximum absolute atomic E-state index is 13.0. The topological polar surface area (TPSA) is 123 Å². The number of non-ortho nitro benzene ring substituents is 1. The summed E-state index contributed by atoms with van der Waals surface area (Å²) in [5, 5.41) is 18.5. The van der Waals surface area contributed by atoms with Crippen molar-refractivity contribution in [2.45, 2.75) is 24.3 Å². The number of aromatic nitrogens is 3. The molecular weight excluding hydrogens is 384 g/mol. The second-order valence-electron chi connectivity index (χ2n) is 6.44. The summed E-state index contributed by atoms with van der Waals surface area (Å²) in [5.74, 6) is 0. The average molecular weight is 402 g/mol. The summed E-state index contributed by atoms with van der Waals surface area (Å²) in [7, 11) is -3.83. The van der Waals surface area contributed by atoms with Gasteiger partial charge < -0.3 is 5.32 Å². The first-order valence-electron chi connectivity index (χ1n) is 8.77. The van der Waals surface area contributed by atoms with Crippen molar-refractivity contribution in [1.29, 1.82) is 0 Å². The van der Waals surface area contributed by atoms with Crippen LogP contribution in [0.5, 0.6) is 0 Å². The average Bonchev–Trinajstić information content (AvgIpc) is 3.38. The Hall–Kier alpha value is -3.05. The van der Waals surface area contributed by atoms with Crippen molar-refractivity contribution in [2.24, 2.45) is 0 Å². The minimum absolute atomic E-state index is 0.0886. The molecule has 1 fully saturated rings. The number of nitro benzene ring substituents is 1. The molecule has 0 atom stereocenters. The molecular formula is C17H18N6O4S. The van der Waals surface area contributed by atoms with E-state index in [2.05, 4.69) is 15.4 Å². The molecule has 146 valence electrons. The van der Waals surface area contributed by atoms with Crippen LogP contribution in [0.3, 0.4) is 0 Å². The van der Waals surface area contributed by atoms with Gasteiger partial charge >= 0.3 is 0 Å². The van der Waals surface area contributed by atoms with E-state index in [0.717, 1.165) is 24.6 Å². The summed E-state index contributed by atoms with van der Waals surface area (Å²) in [6.07, 6.45) is 4.84. The van der Waals surface area contributed by atoms with Gasteiger partial charge in [-0.15, -0.1) is 0 Å². The molecule has 3 aromatic rings. The smallest absolute Gasteiger partial charge is 0.270 e. The number of hydrogen-bond acceptors (Lipinski definition) is 7. The summed E-state index contributed by atoms with van der Waals surface area (Å²) in [5.41, 5.74) is 1.50. The first-order valence-corrected chi connectivity index (χ1v) is 10.2. The van der Waals surface area contributed by atoms with Crippen LogP contribution in [0.4, 0.5) is 11.4 Å². The van der Waals surface area contributed by atoms with Gasteiger partial charge in [-0.2, -0.15) is 9.40 Å². The van der Waals surface area contributed by atoms with E-state index in [-0.39, 0.29) is 17.1 Å². The number of benzene rings is 1. The van der Waals surface area contributed by atoms with Crippen molar-refractivity contribution in [2.75, 3.05) is 18.4 Å². The molecule has 28 heavy (non-hydrogen) atoms. The summed E-state index contributed by atoms with van der Waals surface area (Å²) < 4.78 is 29.1. The van der Waals surface area contributed by atoms with Gasteiger partial charge in [0.1, 0.15) is 4.90 Å². The first kappa shape index (κ1) is 18.3. The molecule has 1 aliphatic rings. The van der Waals surface area contributed by atoms with E-state index < -0.39 is 14.9 Å². The molecule has 0 spiro atoms. The highest BCUT2D eigenvalue weighted by Gasteiger charge is 2.31. The van der Waals surface area contributed by atoms with Crippen LogP contribution in [0, 0.1) is 10.1 Å². The van der Waals surface area contributed by atoms with E-state index in [4.69, 9.17) is 0 Å². The quantitative estimate of drug-likeness (QED) is 0.494. The Morgan fingerprint density at radius 2 is 1.93 bits per heavy atom. The number of nitrogens with one attached hydrogen (secondary N) is 1. The fraction of sp³-hybridized carbons (Fsp3) is 0.294.